The Morgan fingerprint density at radius 1 is 0.947 bits per heavy atom. The molecular weight excluding hydrogens is 257 g/mol. The number of phenolic OH excluding ortho intramolecular Hbond substituents is 1. The second kappa shape index (κ2) is 4.93. The van der Waals surface area contributed by atoms with Gasteiger partial charge in [-0.2, -0.15) is 13.2 Å². The molecule has 19 heavy (non-hydrogen) atoms. The second-order valence-corrected chi connectivity index (χ2v) is 4.09. The highest BCUT2D eigenvalue weighted by atomic mass is 19.4. The van der Waals surface area contributed by atoms with Gasteiger partial charge < -0.3 is 10.2 Å². The third-order valence-electron chi connectivity index (χ3n) is 2.74. The highest BCUT2D eigenvalue weighted by Gasteiger charge is 2.34. The van der Waals surface area contributed by atoms with Gasteiger partial charge in [0.25, 0.3) is 0 Å². The van der Waals surface area contributed by atoms with Crippen molar-refractivity contribution >= 4 is 0 Å². The van der Waals surface area contributed by atoms with Crippen LogP contribution in [-0.4, -0.2) is 10.2 Å². The summed E-state index contributed by atoms with van der Waals surface area (Å²) in [4.78, 5) is 0. The molecule has 0 fully saturated rings. The van der Waals surface area contributed by atoms with Crippen LogP contribution < -0.4 is 0 Å². The third-order valence-corrected chi connectivity index (χ3v) is 2.74. The van der Waals surface area contributed by atoms with Crippen LogP contribution in [0.1, 0.15) is 11.1 Å². The normalized spacial score (nSPS) is 11.6. The summed E-state index contributed by atoms with van der Waals surface area (Å²) in [7, 11) is 0. The molecule has 0 saturated carbocycles. The summed E-state index contributed by atoms with van der Waals surface area (Å²) in [5.74, 6) is -0.797. The Balaban J connectivity index is 2.51. The first kappa shape index (κ1) is 13.4. The molecule has 5 heteroatoms. The average Bonchev–Trinajstić information content (AvgIpc) is 2.38. The Bertz CT molecular complexity index is 591. The molecule has 0 unspecified atom stereocenters. The molecule has 2 nitrogen and oxygen atoms in total. The van der Waals surface area contributed by atoms with E-state index in [1.807, 2.05) is 0 Å². The van der Waals surface area contributed by atoms with E-state index < -0.39 is 17.5 Å². The molecule has 0 heterocycles. The Labute approximate surface area is 107 Å². The van der Waals surface area contributed by atoms with Gasteiger partial charge in [-0.3, -0.25) is 0 Å². The van der Waals surface area contributed by atoms with E-state index in [9.17, 15) is 18.3 Å². The lowest BCUT2D eigenvalue weighted by molar-refractivity contribution is -0.138. The second-order valence-electron chi connectivity index (χ2n) is 4.09. The maximum absolute atomic E-state index is 12.7. The summed E-state index contributed by atoms with van der Waals surface area (Å²) in [6, 6.07) is 9.89. The van der Waals surface area contributed by atoms with Crippen molar-refractivity contribution in [1.29, 1.82) is 0 Å². The number of hydrogen-bond acceptors (Lipinski definition) is 2. The lowest BCUT2D eigenvalue weighted by atomic mass is 10.0. The van der Waals surface area contributed by atoms with E-state index in [1.54, 1.807) is 24.3 Å². The molecule has 0 atom stereocenters. The first-order valence-corrected chi connectivity index (χ1v) is 5.52. The molecule has 2 aromatic carbocycles. The fourth-order valence-electron chi connectivity index (χ4n) is 1.79. The third kappa shape index (κ3) is 2.88. The SMILES string of the molecule is OCc1cccc(-c2ccc(O)c(C(F)(F)F)c2)c1. The van der Waals surface area contributed by atoms with E-state index in [-0.39, 0.29) is 6.61 Å². The maximum Gasteiger partial charge on any atom is 0.419 e. The Hall–Kier alpha value is -2.01. The van der Waals surface area contributed by atoms with Crippen molar-refractivity contribution in [3.8, 4) is 16.9 Å². The van der Waals surface area contributed by atoms with E-state index in [0.29, 0.717) is 16.7 Å². The molecule has 0 aliphatic heterocycles. The topological polar surface area (TPSA) is 40.5 Å². The van der Waals surface area contributed by atoms with Crippen LogP contribution in [0.4, 0.5) is 13.2 Å². The quantitative estimate of drug-likeness (QED) is 0.874. The summed E-state index contributed by atoms with van der Waals surface area (Å²) < 4.78 is 38.1. The molecule has 0 saturated heterocycles. The first-order valence-electron chi connectivity index (χ1n) is 5.52. The van der Waals surface area contributed by atoms with Gasteiger partial charge in [0.15, 0.2) is 0 Å². The van der Waals surface area contributed by atoms with Gasteiger partial charge in [-0.25, -0.2) is 0 Å². The molecule has 0 aliphatic carbocycles. The minimum Gasteiger partial charge on any atom is -0.507 e. The van der Waals surface area contributed by atoms with Gasteiger partial charge in [-0.1, -0.05) is 24.3 Å². The summed E-state index contributed by atoms with van der Waals surface area (Å²) >= 11 is 0. The molecule has 0 bridgehead atoms. The van der Waals surface area contributed by atoms with E-state index in [0.717, 1.165) is 12.1 Å². The molecule has 0 aliphatic rings. The van der Waals surface area contributed by atoms with Crippen LogP contribution in [0.25, 0.3) is 11.1 Å². The van der Waals surface area contributed by atoms with Crippen LogP contribution in [0.3, 0.4) is 0 Å². The lowest BCUT2D eigenvalue weighted by Gasteiger charge is -2.11. The van der Waals surface area contributed by atoms with Crippen LogP contribution in [0, 0.1) is 0 Å². The van der Waals surface area contributed by atoms with Crippen molar-refractivity contribution in [2.24, 2.45) is 0 Å². The van der Waals surface area contributed by atoms with E-state index in [1.165, 1.54) is 6.07 Å². The molecule has 2 aromatic rings. The minimum atomic E-state index is -4.60. The fraction of sp³-hybridized carbons (Fsp3) is 0.143. The Morgan fingerprint density at radius 3 is 2.26 bits per heavy atom. The van der Waals surface area contributed by atoms with Crippen molar-refractivity contribution in [2.45, 2.75) is 12.8 Å². The number of benzene rings is 2. The predicted molar refractivity (Wildman–Crippen MR) is 64.5 cm³/mol. The van der Waals surface area contributed by atoms with Crippen molar-refractivity contribution in [2.75, 3.05) is 0 Å². The number of alkyl halides is 3. The van der Waals surface area contributed by atoms with Crippen LogP contribution in [-0.2, 0) is 12.8 Å². The Morgan fingerprint density at radius 2 is 1.63 bits per heavy atom. The molecule has 0 aromatic heterocycles. The number of halogens is 3. The van der Waals surface area contributed by atoms with Gasteiger partial charge in [0.1, 0.15) is 5.75 Å². The molecule has 0 amide bonds. The highest BCUT2D eigenvalue weighted by molar-refractivity contribution is 5.66. The summed E-state index contributed by atoms with van der Waals surface area (Å²) in [5.41, 5.74) is 0.427. The van der Waals surface area contributed by atoms with Crippen molar-refractivity contribution in [3.05, 3.63) is 53.6 Å². The molecule has 0 radical (unpaired) electrons. The lowest BCUT2D eigenvalue weighted by Crippen LogP contribution is -2.05. The number of phenols is 1. The zero-order valence-corrected chi connectivity index (χ0v) is 9.78. The highest BCUT2D eigenvalue weighted by Crippen LogP contribution is 2.38. The van der Waals surface area contributed by atoms with Crippen LogP contribution in [0.2, 0.25) is 0 Å². The molecule has 2 rings (SSSR count). The number of aliphatic hydroxyl groups is 1. The number of aliphatic hydroxyl groups excluding tert-OH is 1. The van der Waals surface area contributed by atoms with Crippen LogP contribution >= 0.6 is 0 Å². The largest absolute Gasteiger partial charge is 0.507 e. The standard InChI is InChI=1S/C14H11F3O2/c15-14(16,17)12-7-11(4-5-13(12)19)10-3-1-2-9(6-10)8-18/h1-7,18-19H,8H2. The van der Waals surface area contributed by atoms with Crippen molar-refractivity contribution < 1.29 is 23.4 Å². The zero-order valence-electron chi connectivity index (χ0n) is 9.78. The van der Waals surface area contributed by atoms with Gasteiger partial charge >= 0.3 is 6.18 Å². The summed E-state index contributed by atoms with van der Waals surface area (Å²) in [5, 5.41) is 18.3. The monoisotopic (exact) mass is 268 g/mol. The van der Waals surface area contributed by atoms with Crippen molar-refractivity contribution in [3.63, 3.8) is 0 Å². The van der Waals surface area contributed by atoms with Gasteiger partial charge in [0.2, 0.25) is 0 Å². The van der Waals surface area contributed by atoms with Gasteiger partial charge in [0, 0.05) is 0 Å². The first-order chi connectivity index (χ1) is 8.91. The number of hydrogen-bond donors (Lipinski definition) is 2. The average molecular weight is 268 g/mol. The molecule has 2 N–H and O–H groups in total. The molecule has 100 valence electrons. The van der Waals surface area contributed by atoms with Crippen molar-refractivity contribution in [1.82, 2.24) is 0 Å². The van der Waals surface area contributed by atoms with E-state index >= 15 is 0 Å². The van der Waals surface area contributed by atoms with E-state index in [2.05, 4.69) is 0 Å². The van der Waals surface area contributed by atoms with Gasteiger partial charge in [-0.15, -0.1) is 0 Å². The fourth-order valence-corrected chi connectivity index (χ4v) is 1.79. The molecule has 0 spiro atoms. The summed E-state index contributed by atoms with van der Waals surface area (Å²) in [6.45, 7) is -0.182. The predicted octanol–water partition coefficient (Wildman–Crippen LogP) is 3.57. The van der Waals surface area contributed by atoms with Crippen LogP contribution in [0.5, 0.6) is 5.75 Å². The molecular formula is C14H11F3O2. The van der Waals surface area contributed by atoms with Gasteiger partial charge in [0.05, 0.1) is 12.2 Å². The van der Waals surface area contributed by atoms with Gasteiger partial charge in [-0.05, 0) is 34.9 Å². The minimum absolute atomic E-state index is 0.182. The van der Waals surface area contributed by atoms with Crippen LogP contribution in [0.15, 0.2) is 42.5 Å². The van der Waals surface area contributed by atoms with E-state index in [4.69, 9.17) is 5.11 Å². The zero-order chi connectivity index (χ0) is 14.0. The Kier molecular flexibility index (Phi) is 3.48. The summed E-state index contributed by atoms with van der Waals surface area (Å²) in [6.07, 6.45) is -4.60. The number of aromatic hydroxyl groups is 1. The number of rotatable bonds is 2. The maximum atomic E-state index is 12.7. The smallest absolute Gasteiger partial charge is 0.419 e.